The molecule has 1 aliphatic rings. The van der Waals surface area contributed by atoms with E-state index in [0.717, 1.165) is 0 Å². The van der Waals surface area contributed by atoms with Crippen molar-refractivity contribution in [2.24, 2.45) is 0 Å². The van der Waals surface area contributed by atoms with Gasteiger partial charge >= 0.3 is 5.82 Å². The Balaban J connectivity index is 2.55. The van der Waals surface area contributed by atoms with Crippen LogP contribution in [0.2, 0.25) is 0 Å². The summed E-state index contributed by atoms with van der Waals surface area (Å²) < 4.78 is 0. The Morgan fingerprint density at radius 1 is 1.55 bits per heavy atom. The third kappa shape index (κ3) is 0.802. The molecule has 0 amide bonds. The van der Waals surface area contributed by atoms with Crippen LogP contribution in [0.3, 0.4) is 0 Å². The summed E-state index contributed by atoms with van der Waals surface area (Å²) in [5.74, 6) is 0.851. The Morgan fingerprint density at radius 3 is 3.27 bits per heavy atom. The second-order valence-electron chi connectivity index (χ2n) is 1.94. The van der Waals surface area contributed by atoms with Crippen molar-refractivity contribution in [1.82, 2.24) is 15.0 Å². The zero-order chi connectivity index (χ0) is 7.68. The summed E-state index contributed by atoms with van der Waals surface area (Å²) in [6.45, 7) is 0. The summed E-state index contributed by atoms with van der Waals surface area (Å²) >= 11 is 0. The first-order valence-corrected chi connectivity index (χ1v) is 2.96. The summed E-state index contributed by atoms with van der Waals surface area (Å²) in [6.07, 6.45) is 2.81. The van der Waals surface area contributed by atoms with Gasteiger partial charge in [0.05, 0.1) is 0 Å². The molecule has 1 aliphatic heterocycles. The molecule has 2 heterocycles. The fraction of sp³-hybridized carbons (Fsp3) is 0. The number of nitrogens with one attached hydrogen (secondary N) is 2. The SMILES string of the molecule is ONc1ncnc2c1NC=[N+]2. The van der Waals surface area contributed by atoms with Gasteiger partial charge in [0, 0.05) is 0 Å². The van der Waals surface area contributed by atoms with Crippen molar-refractivity contribution < 1.29 is 5.21 Å². The van der Waals surface area contributed by atoms with E-state index in [4.69, 9.17) is 5.21 Å². The molecule has 0 saturated heterocycles. The Hall–Kier alpha value is -1.69. The Kier molecular flexibility index (Phi) is 1.19. The molecular weight excluding hydrogens is 146 g/mol. The molecule has 0 aromatic carbocycles. The van der Waals surface area contributed by atoms with Crippen molar-refractivity contribution in [2.75, 3.05) is 10.8 Å². The first-order valence-electron chi connectivity index (χ1n) is 2.96. The molecule has 2 rings (SSSR count). The van der Waals surface area contributed by atoms with Crippen LogP contribution in [0.15, 0.2) is 6.33 Å². The van der Waals surface area contributed by atoms with Gasteiger partial charge in [-0.25, -0.2) is 5.48 Å². The minimum absolute atomic E-state index is 0.326. The average Bonchev–Trinajstić information content (AvgIpc) is 2.50. The smallest absolute Gasteiger partial charge is 0.290 e. The van der Waals surface area contributed by atoms with Crippen LogP contribution in [-0.4, -0.2) is 21.5 Å². The summed E-state index contributed by atoms with van der Waals surface area (Å²) in [5.41, 5.74) is 2.53. The highest BCUT2D eigenvalue weighted by Gasteiger charge is 2.21. The molecule has 1 aromatic rings. The molecule has 1 radical (unpaired) electrons. The van der Waals surface area contributed by atoms with E-state index in [1.54, 1.807) is 0 Å². The standard InChI is InChI=1S/C5H5N5O/c11-10-5-3-4(7-1-6-3)8-2-9-5/h1-2,6,11H,(H,8,9,10)/q+1. The Morgan fingerprint density at radius 2 is 2.45 bits per heavy atom. The summed E-state index contributed by atoms with van der Waals surface area (Å²) in [5, 5.41) is 11.3. The van der Waals surface area contributed by atoms with E-state index in [1.165, 1.54) is 12.7 Å². The summed E-state index contributed by atoms with van der Waals surface area (Å²) in [4.78, 5) is 11.5. The second-order valence-corrected chi connectivity index (χ2v) is 1.94. The van der Waals surface area contributed by atoms with E-state index >= 15 is 0 Å². The van der Waals surface area contributed by atoms with Crippen LogP contribution in [0.1, 0.15) is 0 Å². The third-order valence-electron chi connectivity index (χ3n) is 1.33. The average molecular weight is 151 g/mol. The molecule has 6 nitrogen and oxygen atoms in total. The highest BCUT2D eigenvalue weighted by molar-refractivity contribution is 5.92. The maximum atomic E-state index is 8.57. The summed E-state index contributed by atoms with van der Waals surface area (Å²) in [6, 6.07) is 0. The molecule has 0 saturated carbocycles. The molecule has 55 valence electrons. The van der Waals surface area contributed by atoms with Gasteiger partial charge in [0.15, 0.2) is 12.1 Å². The van der Waals surface area contributed by atoms with E-state index in [1.807, 2.05) is 5.48 Å². The number of nitrogens with zero attached hydrogens (tertiary/aromatic N) is 3. The number of anilines is 2. The van der Waals surface area contributed by atoms with Gasteiger partial charge in [-0.05, 0) is 0 Å². The minimum Gasteiger partial charge on any atom is -0.290 e. The van der Waals surface area contributed by atoms with Crippen LogP contribution >= 0.6 is 0 Å². The Bertz CT molecular complexity index is 310. The number of fused-ring (bicyclic) bond motifs is 1. The number of aliphatic imine (C=N–C) groups is 1. The van der Waals surface area contributed by atoms with Crippen LogP contribution < -0.4 is 15.8 Å². The normalized spacial score (nSPS) is 12.5. The van der Waals surface area contributed by atoms with Gasteiger partial charge in [0.25, 0.3) is 0 Å². The molecular formula is C5H5N5O+. The van der Waals surface area contributed by atoms with Crippen molar-refractivity contribution in [3.05, 3.63) is 6.33 Å². The van der Waals surface area contributed by atoms with Gasteiger partial charge in [0.1, 0.15) is 0 Å². The van der Waals surface area contributed by atoms with Gasteiger partial charge in [-0.1, -0.05) is 9.98 Å². The lowest BCUT2D eigenvalue weighted by molar-refractivity contribution is 0.386. The molecule has 6 heteroatoms. The number of rotatable bonds is 1. The predicted octanol–water partition coefficient (Wildman–Crippen LogP) is -0.301. The van der Waals surface area contributed by atoms with E-state index in [0.29, 0.717) is 17.3 Å². The van der Waals surface area contributed by atoms with E-state index < -0.39 is 0 Å². The zero-order valence-corrected chi connectivity index (χ0v) is 5.44. The summed E-state index contributed by atoms with van der Waals surface area (Å²) in [7, 11) is 0. The first-order chi connectivity index (χ1) is 5.42. The molecule has 11 heavy (non-hydrogen) atoms. The number of hydrogen-bond acceptors (Lipinski definition) is 6. The lowest BCUT2D eigenvalue weighted by Crippen LogP contribution is -1.98. The monoisotopic (exact) mass is 151 g/mol. The van der Waals surface area contributed by atoms with E-state index in [-0.39, 0.29) is 0 Å². The topological polar surface area (TPSA) is 84.2 Å². The van der Waals surface area contributed by atoms with Crippen molar-refractivity contribution in [2.45, 2.75) is 0 Å². The van der Waals surface area contributed by atoms with Gasteiger partial charge in [-0.3, -0.25) is 10.5 Å². The fourth-order valence-corrected chi connectivity index (χ4v) is 0.850. The fourth-order valence-electron chi connectivity index (χ4n) is 0.850. The highest BCUT2D eigenvalue weighted by Crippen LogP contribution is 2.26. The van der Waals surface area contributed by atoms with Gasteiger partial charge in [-0.15, -0.1) is 0 Å². The van der Waals surface area contributed by atoms with E-state index in [9.17, 15) is 0 Å². The van der Waals surface area contributed by atoms with Crippen LogP contribution in [0.4, 0.5) is 17.3 Å². The lowest BCUT2D eigenvalue weighted by atomic mass is 10.4. The van der Waals surface area contributed by atoms with Crippen LogP contribution in [0.5, 0.6) is 0 Å². The first kappa shape index (κ1) is 6.05. The Labute approximate surface area is 62.0 Å². The number of aromatic nitrogens is 2. The highest BCUT2D eigenvalue weighted by atomic mass is 16.5. The third-order valence-corrected chi connectivity index (χ3v) is 1.33. The molecule has 0 unspecified atom stereocenters. The van der Waals surface area contributed by atoms with Crippen molar-refractivity contribution in [3.63, 3.8) is 0 Å². The number of hydrogen-bond donors (Lipinski definition) is 3. The molecule has 3 N–H and O–H groups in total. The van der Waals surface area contributed by atoms with Crippen molar-refractivity contribution in [3.8, 4) is 0 Å². The zero-order valence-electron chi connectivity index (χ0n) is 5.44. The molecule has 0 fully saturated rings. The molecule has 0 spiro atoms. The van der Waals surface area contributed by atoms with Crippen molar-refractivity contribution >= 4 is 23.7 Å². The maximum Gasteiger partial charge on any atom is 0.341 e. The van der Waals surface area contributed by atoms with Gasteiger partial charge in [-0.2, -0.15) is 4.98 Å². The second kappa shape index (κ2) is 2.17. The van der Waals surface area contributed by atoms with Crippen LogP contribution in [0.25, 0.3) is 0 Å². The van der Waals surface area contributed by atoms with E-state index in [2.05, 4.69) is 20.3 Å². The molecule has 0 atom stereocenters. The van der Waals surface area contributed by atoms with Gasteiger partial charge in [0.2, 0.25) is 12.0 Å². The van der Waals surface area contributed by atoms with Crippen molar-refractivity contribution in [1.29, 1.82) is 0 Å². The maximum absolute atomic E-state index is 8.57. The van der Waals surface area contributed by atoms with Crippen LogP contribution in [0, 0.1) is 0 Å². The molecule has 1 aromatic heterocycles. The van der Waals surface area contributed by atoms with Crippen LogP contribution in [-0.2, 0) is 0 Å². The largest absolute Gasteiger partial charge is 0.341 e. The molecule has 0 aliphatic carbocycles. The lowest BCUT2D eigenvalue weighted by Gasteiger charge is -1.96. The molecule has 0 bridgehead atoms. The van der Waals surface area contributed by atoms with Gasteiger partial charge < -0.3 is 0 Å². The predicted molar refractivity (Wildman–Crippen MR) is 38.9 cm³/mol. The quantitative estimate of drug-likeness (QED) is 0.480. The minimum atomic E-state index is 0.326.